The molecule has 0 N–H and O–H groups in total. The fourth-order valence-corrected chi connectivity index (χ4v) is 8.99. The van der Waals surface area contributed by atoms with Gasteiger partial charge in [0.05, 0.1) is 9.65 Å². The molecule has 5 aliphatic rings. The Hall–Kier alpha value is 0.300. The Morgan fingerprint density at radius 1 is 0.842 bits per heavy atom. The normalized spacial score (nSPS) is 59.9. The van der Waals surface area contributed by atoms with Crippen molar-refractivity contribution in [3.63, 3.8) is 0 Å². The van der Waals surface area contributed by atoms with E-state index in [0.29, 0.717) is 40.7 Å². The van der Waals surface area contributed by atoms with E-state index in [4.69, 9.17) is 0 Å². The Labute approximate surface area is 129 Å². The third kappa shape index (κ3) is 1.01. The van der Waals surface area contributed by atoms with E-state index in [1.165, 1.54) is 25.7 Å². The fraction of sp³-hybridized carbons (Fsp3) is 0.867. The molecule has 5 rings (SSSR count). The van der Waals surface area contributed by atoms with E-state index in [1.807, 2.05) is 0 Å². The number of ketones is 2. The van der Waals surface area contributed by atoms with Crippen LogP contribution in [0.25, 0.3) is 0 Å². The molecule has 8 atom stereocenters. The van der Waals surface area contributed by atoms with Gasteiger partial charge in [-0.1, -0.05) is 44.7 Å². The van der Waals surface area contributed by atoms with Crippen LogP contribution >= 0.6 is 31.9 Å². The molecule has 0 saturated heterocycles. The zero-order valence-electron chi connectivity index (χ0n) is 10.5. The minimum atomic E-state index is 0.0214. The summed E-state index contributed by atoms with van der Waals surface area (Å²) in [7, 11) is 0. The van der Waals surface area contributed by atoms with Crippen molar-refractivity contribution in [2.24, 2.45) is 40.9 Å². The summed E-state index contributed by atoms with van der Waals surface area (Å²) in [5.74, 6) is 2.69. The van der Waals surface area contributed by atoms with E-state index in [-0.39, 0.29) is 21.5 Å². The Bertz CT molecular complexity index is 470. The standard InChI is InChI=1S/C15H16Br2O2/c16-11-5-6-10-8(14(19)12(6)17)7(13(11)18)9(5)15(10)3-1-2-4-15/h5-12H,1-4H2/t5-,6+,7-,8-,9+,10-,11+,12+/m0/s1. The molecule has 0 aromatic heterocycles. The minimum absolute atomic E-state index is 0.0214. The minimum Gasteiger partial charge on any atom is -0.298 e. The molecule has 102 valence electrons. The van der Waals surface area contributed by atoms with Gasteiger partial charge in [-0.3, -0.25) is 9.59 Å². The number of alkyl halides is 2. The summed E-state index contributed by atoms with van der Waals surface area (Å²) in [6.45, 7) is 0. The summed E-state index contributed by atoms with van der Waals surface area (Å²) in [4.78, 5) is 25.2. The third-order valence-electron chi connectivity index (χ3n) is 7.17. The van der Waals surface area contributed by atoms with Crippen molar-refractivity contribution < 1.29 is 9.59 Å². The zero-order valence-corrected chi connectivity index (χ0v) is 13.7. The van der Waals surface area contributed by atoms with E-state index in [9.17, 15) is 9.59 Å². The quantitative estimate of drug-likeness (QED) is 0.599. The maximum atomic E-state index is 12.6. The van der Waals surface area contributed by atoms with Gasteiger partial charge < -0.3 is 0 Å². The summed E-state index contributed by atoms with van der Waals surface area (Å²) in [6.07, 6.45) is 5.13. The molecule has 0 aromatic rings. The highest BCUT2D eigenvalue weighted by Crippen LogP contribution is 2.80. The largest absolute Gasteiger partial charge is 0.298 e. The maximum Gasteiger partial charge on any atom is 0.150 e. The highest BCUT2D eigenvalue weighted by Gasteiger charge is 2.82. The highest BCUT2D eigenvalue weighted by atomic mass is 79.9. The lowest BCUT2D eigenvalue weighted by Gasteiger charge is -2.30. The summed E-state index contributed by atoms with van der Waals surface area (Å²) in [5.41, 5.74) is 0.348. The smallest absolute Gasteiger partial charge is 0.150 e. The second-order valence-corrected chi connectivity index (χ2v) is 9.28. The third-order valence-corrected chi connectivity index (χ3v) is 9.30. The topological polar surface area (TPSA) is 34.1 Å². The fourth-order valence-electron chi connectivity index (χ4n) is 7.02. The first-order chi connectivity index (χ1) is 9.09. The van der Waals surface area contributed by atoms with Crippen LogP contribution in [0.1, 0.15) is 25.7 Å². The van der Waals surface area contributed by atoms with Crippen LogP contribution < -0.4 is 0 Å². The van der Waals surface area contributed by atoms with Gasteiger partial charge in [-0.2, -0.15) is 0 Å². The Kier molecular flexibility index (Phi) is 2.11. The van der Waals surface area contributed by atoms with E-state index >= 15 is 0 Å². The number of hydrogen-bond donors (Lipinski definition) is 0. The second kappa shape index (κ2) is 3.37. The van der Waals surface area contributed by atoms with Gasteiger partial charge in [0, 0.05) is 11.8 Å². The van der Waals surface area contributed by atoms with Gasteiger partial charge in [0.1, 0.15) is 0 Å². The zero-order chi connectivity index (χ0) is 13.1. The average Bonchev–Trinajstić information content (AvgIpc) is 3.13. The first kappa shape index (κ1) is 11.9. The molecule has 0 radical (unpaired) electrons. The van der Waals surface area contributed by atoms with Gasteiger partial charge in [0.2, 0.25) is 0 Å². The van der Waals surface area contributed by atoms with Gasteiger partial charge in [-0.05, 0) is 41.9 Å². The molecule has 0 amide bonds. The molecule has 2 bridgehead atoms. The molecule has 5 aliphatic carbocycles. The van der Waals surface area contributed by atoms with Crippen molar-refractivity contribution in [3.05, 3.63) is 0 Å². The molecule has 2 nitrogen and oxygen atoms in total. The molecular weight excluding hydrogens is 372 g/mol. The van der Waals surface area contributed by atoms with Crippen molar-refractivity contribution in [2.75, 3.05) is 0 Å². The Morgan fingerprint density at radius 3 is 1.68 bits per heavy atom. The van der Waals surface area contributed by atoms with Gasteiger partial charge in [-0.15, -0.1) is 0 Å². The van der Waals surface area contributed by atoms with E-state index in [0.717, 1.165) is 0 Å². The lowest BCUT2D eigenvalue weighted by molar-refractivity contribution is -0.128. The number of halogens is 2. The van der Waals surface area contributed by atoms with Gasteiger partial charge >= 0.3 is 0 Å². The van der Waals surface area contributed by atoms with Crippen molar-refractivity contribution >= 4 is 43.4 Å². The first-order valence-electron chi connectivity index (χ1n) is 7.45. The molecule has 0 unspecified atom stereocenters. The molecular formula is C15H16Br2O2. The van der Waals surface area contributed by atoms with Crippen molar-refractivity contribution in [2.45, 2.75) is 35.3 Å². The molecule has 0 heterocycles. The molecule has 0 aliphatic heterocycles. The summed E-state index contributed by atoms with van der Waals surface area (Å²) in [5, 5.41) is 0. The van der Waals surface area contributed by atoms with Crippen molar-refractivity contribution in [1.82, 2.24) is 0 Å². The van der Waals surface area contributed by atoms with Gasteiger partial charge in [0.25, 0.3) is 0 Å². The summed E-state index contributed by atoms with van der Waals surface area (Å²) < 4.78 is 0. The predicted molar refractivity (Wildman–Crippen MR) is 77.3 cm³/mol. The number of rotatable bonds is 0. The Morgan fingerprint density at radius 2 is 1.26 bits per heavy atom. The van der Waals surface area contributed by atoms with Crippen LogP contribution in [-0.2, 0) is 9.59 Å². The highest BCUT2D eigenvalue weighted by molar-refractivity contribution is 9.10. The van der Waals surface area contributed by atoms with Crippen LogP contribution in [0.5, 0.6) is 0 Å². The number of fused-ring (bicyclic) bond motifs is 2. The molecule has 5 fully saturated rings. The van der Waals surface area contributed by atoms with Gasteiger partial charge in [-0.25, -0.2) is 0 Å². The van der Waals surface area contributed by atoms with Crippen LogP contribution in [0, 0.1) is 40.9 Å². The predicted octanol–water partition coefficient (Wildman–Crippen LogP) is 2.96. The second-order valence-electron chi connectivity index (χ2n) is 7.31. The number of carbonyl (C=O) groups excluding carboxylic acids is 2. The monoisotopic (exact) mass is 386 g/mol. The molecule has 19 heavy (non-hydrogen) atoms. The molecule has 1 spiro atoms. The van der Waals surface area contributed by atoms with Crippen LogP contribution in [0.15, 0.2) is 0 Å². The van der Waals surface area contributed by atoms with Crippen LogP contribution in [0.4, 0.5) is 0 Å². The average molecular weight is 388 g/mol. The molecule has 0 aromatic carbocycles. The summed E-state index contributed by atoms with van der Waals surface area (Å²) in [6, 6.07) is 0. The van der Waals surface area contributed by atoms with E-state index in [2.05, 4.69) is 31.9 Å². The number of hydrogen-bond acceptors (Lipinski definition) is 2. The lowest BCUT2D eigenvalue weighted by Crippen LogP contribution is -2.29. The lowest BCUT2D eigenvalue weighted by atomic mass is 9.74. The maximum absolute atomic E-state index is 12.6. The van der Waals surface area contributed by atoms with Crippen molar-refractivity contribution in [3.8, 4) is 0 Å². The van der Waals surface area contributed by atoms with Crippen LogP contribution in [0.2, 0.25) is 0 Å². The van der Waals surface area contributed by atoms with Crippen LogP contribution in [-0.4, -0.2) is 21.2 Å². The molecule has 4 heteroatoms. The van der Waals surface area contributed by atoms with Crippen molar-refractivity contribution in [1.29, 1.82) is 0 Å². The summed E-state index contributed by atoms with van der Waals surface area (Å²) >= 11 is 7.35. The number of Topliss-reactive ketones (excluding diaryl/α,β-unsaturated/α-hetero) is 2. The Balaban J connectivity index is 1.76. The van der Waals surface area contributed by atoms with E-state index in [1.54, 1.807) is 0 Å². The van der Waals surface area contributed by atoms with E-state index < -0.39 is 0 Å². The van der Waals surface area contributed by atoms with Crippen LogP contribution in [0.3, 0.4) is 0 Å². The molecule has 5 saturated carbocycles. The van der Waals surface area contributed by atoms with Gasteiger partial charge in [0.15, 0.2) is 11.6 Å². The first-order valence-corrected chi connectivity index (χ1v) is 9.28. The number of carbonyl (C=O) groups is 2. The SMILES string of the molecule is O=C1[C@H]2[C@@H]3C(=O)[C@H](Br)[C@H]4[C@H]([C@@H]2C2(CCCC2)[C@@H]34)[C@H]1Br.